The minimum atomic E-state index is -0.561. The average molecular weight is 425 g/mol. The van der Waals surface area contributed by atoms with Crippen molar-refractivity contribution >= 4 is 28.4 Å². The van der Waals surface area contributed by atoms with Gasteiger partial charge in [-0.2, -0.15) is 4.98 Å². The van der Waals surface area contributed by atoms with E-state index in [1.807, 2.05) is 62.1 Å². The van der Waals surface area contributed by atoms with Crippen LogP contribution in [-0.2, 0) is 6.54 Å². The van der Waals surface area contributed by atoms with E-state index in [0.29, 0.717) is 23.8 Å². The van der Waals surface area contributed by atoms with Crippen molar-refractivity contribution in [3.8, 4) is 17.2 Å². The first-order valence-corrected chi connectivity index (χ1v) is 9.65. The molecule has 0 radical (unpaired) electrons. The summed E-state index contributed by atoms with van der Waals surface area (Å²) in [7, 11) is 8.57. The topological polar surface area (TPSA) is 103 Å². The molecule has 1 aromatic heterocycles. The van der Waals surface area contributed by atoms with Gasteiger partial charge in [0.25, 0.3) is 5.56 Å². The lowest BCUT2D eigenvalue weighted by atomic mass is 10.2. The molecule has 0 aliphatic carbocycles. The molecule has 1 heterocycles. The molecule has 0 saturated heterocycles. The summed E-state index contributed by atoms with van der Waals surface area (Å²) in [6, 6.07) is 9.46. The fourth-order valence-corrected chi connectivity index (χ4v) is 3.13. The standard InChI is InChI=1S/C22H27N5O4/c1-13(26(2)3)23-15-9-7-8-14(10-15)12-27(4)22-24-16-11-17(30-5)20(31-6)19(28)18(16)21(29)25-22/h7-11,28H,12H2,1-6H3,(H,24,25,29). The van der Waals surface area contributed by atoms with E-state index in [9.17, 15) is 9.90 Å². The van der Waals surface area contributed by atoms with Crippen LogP contribution in [0.25, 0.3) is 10.9 Å². The second kappa shape index (κ2) is 8.95. The van der Waals surface area contributed by atoms with E-state index in [4.69, 9.17) is 9.47 Å². The van der Waals surface area contributed by atoms with Gasteiger partial charge in [-0.25, -0.2) is 4.99 Å². The fraction of sp³-hybridized carbons (Fsp3) is 0.318. The Kier molecular flexibility index (Phi) is 6.33. The Morgan fingerprint density at radius 1 is 1.19 bits per heavy atom. The number of aromatic hydroxyl groups is 1. The number of aliphatic imine (C=N–C) groups is 1. The SMILES string of the molecule is COc1cc2[nH]c(N(C)Cc3cccc(N=C(C)N(C)C)c3)nc(=O)c2c(O)c1OC. The first-order chi connectivity index (χ1) is 14.7. The minimum absolute atomic E-state index is 0.0466. The molecule has 0 spiro atoms. The van der Waals surface area contributed by atoms with Crippen LogP contribution in [0.2, 0.25) is 0 Å². The summed E-state index contributed by atoms with van der Waals surface area (Å²) in [5, 5.41) is 10.5. The number of phenols is 1. The molecule has 0 aliphatic rings. The van der Waals surface area contributed by atoms with E-state index >= 15 is 0 Å². The zero-order chi connectivity index (χ0) is 22.7. The number of nitrogens with zero attached hydrogens (tertiary/aromatic N) is 4. The van der Waals surface area contributed by atoms with Crippen molar-refractivity contribution < 1.29 is 14.6 Å². The van der Waals surface area contributed by atoms with Crippen molar-refractivity contribution in [3.05, 3.63) is 46.2 Å². The van der Waals surface area contributed by atoms with Crippen molar-refractivity contribution in [2.75, 3.05) is 40.3 Å². The second-order valence-electron chi connectivity index (χ2n) is 7.33. The van der Waals surface area contributed by atoms with Gasteiger partial charge < -0.3 is 29.4 Å². The van der Waals surface area contributed by atoms with Crippen LogP contribution in [0.15, 0.2) is 40.1 Å². The van der Waals surface area contributed by atoms with Crippen molar-refractivity contribution in [3.63, 3.8) is 0 Å². The summed E-state index contributed by atoms with van der Waals surface area (Å²) < 4.78 is 10.4. The maximum atomic E-state index is 12.6. The van der Waals surface area contributed by atoms with Crippen LogP contribution < -0.4 is 19.9 Å². The van der Waals surface area contributed by atoms with Gasteiger partial charge in [0.2, 0.25) is 11.7 Å². The minimum Gasteiger partial charge on any atom is -0.504 e. The first kappa shape index (κ1) is 21.9. The molecule has 0 atom stereocenters. The molecule has 3 aromatic rings. The van der Waals surface area contributed by atoms with Gasteiger partial charge in [0.1, 0.15) is 11.2 Å². The number of hydrogen-bond acceptors (Lipinski definition) is 7. The van der Waals surface area contributed by atoms with E-state index in [1.54, 1.807) is 6.07 Å². The van der Waals surface area contributed by atoms with Crippen LogP contribution in [0.3, 0.4) is 0 Å². The van der Waals surface area contributed by atoms with Gasteiger partial charge in [-0.15, -0.1) is 0 Å². The molecule has 0 amide bonds. The highest BCUT2D eigenvalue weighted by atomic mass is 16.5. The van der Waals surface area contributed by atoms with Gasteiger partial charge in [0.15, 0.2) is 11.5 Å². The van der Waals surface area contributed by atoms with Gasteiger partial charge in [-0.3, -0.25) is 4.79 Å². The largest absolute Gasteiger partial charge is 0.504 e. The van der Waals surface area contributed by atoms with Gasteiger partial charge in [-0.1, -0.05) is 12.1 Å². The van der Waals surface area contributed by atoms with Crippen LogP contribution in [-0.4, -0.2) is 61.2 Å². The predicted molar refractivity (Wildman–Crippen MR) is 122 cm³/mol. The summed E-state index contributed by atoms with van der Waals surface area (Å²) in [4.78, 5) is 28.2. The summed E-state index contributed by atoms with van der Waals surface area (Å²) in [6.45, 7) is 2.44. The molecule has 9 heteroatoms. The monoisotopic (exact) mass is 425 g/mol. The maximum absolute atomic E-state index is 12.6. The number of anilines is 1. The molecule has 2 N–H and O–H groups in total. The van der Waals surface area contributed by atoms with Crippen LogP contribution in [0.4, 0.5) is 11.6 Å². The zero-order valence-electron chi connectivity index (χ0n) is 18.6. The van der Waals surface area contributed by atoms with Gasteiger partial charge in [-0.05, 0) is 24.6 Å². The van der Waals surface area contributed by atoms with Crippen molar-refractivity contribution in [1.82, 2.24) is 14.9 Å². The zero-order valence-corrected chi connectivity index (χ0v) is 18.6. The molecular weight excluding hydrogens is 398 g/mol. The number of ether oxygens (including phenoxy) is 2. The third kappa shape index (κ3) is 4.55. The van der Waals surface area contributed by atoms with E-state index < -0.39 is 5.56 Å². The molecule has 0 fully saturated rings. The van der Waals surface area contributed by atoms with E-state index in [-0.39, 0.29) is 16.9 Å². The highest BCUT2D eigenvalue weighted by Crippen LogP contribution is 2.40. The predicted octanol–water partition coefficient (Wildman–Crippen LogP) is 2.89. The summed E-state index contributed by atoms with van der Waals surface area (Å²) >= 11 is 0. The molecule has 3 rings (SSSR count). The van der Waals surface area contributed by atoms with Crippen molar-refractivity contribution in [2.45, 2.75) is 13.5 Å². The lowest BCUT2D eigenvalue weighted by molar-refractivity contribution is 0.335. The van der Waals surface area contributed by atoms with Crippen molar-refractivity contribution in [2.24, 2.45) is 4.99 Å². The maximum Gasteiger partial charge on any atom is 0.286 e. The molecular formula is C22H27N5O4. The summed E-state index contributed by atoms with van der Waals surface area (Å²) in [6.07, 6.45) is 0. The van der Waals surface area contributed by atoms with Gasteiger partial charge >= 0.3 is 0 Å². The van der Waals surface area contributed by atoms with Gasteiger partial charge in [0.05, 0.1) is 25.4 Å². The third-order valence-corrected chi connectivity index (χ3v) is 4.94. The highest BCUT2D eigenvalue weighted by Gasteiger charge is 2.19. The Bertz CT molecular complexity index is 1190. The first-order valence-electron chi connectivity index (χ1n) is 9.65. The van der Waals surface area contributed by atoms with Crippen LogP contribution in [0.1, 0.15) is 12.5 Å². The number of fused-ring (bicyclic) bond motifs is 1. The Balaban J connectivity index is 1.96. The molecule has 0 bridgehead atoms. The van der Waals surface area contributed by atoms with Crippen LogP contribution in [0.5, 0.6) is 17.2 Å². The lowest BCUT2D eigenvalue weighted by Gasteiger charge is -2.19. The molecule has 0 aliphatic heterocycles. The van der Waals surface area contributed by atoms with Gasteiger partial charge in [0, 0.05) is 33.8 Å². The van der Waals surface area contributed by atoms with Crippen molar-refractivity contribution in [1.29, 1.82) is 0 Å². The smallest absolute Gasteiger partial charge is 0.286 e. The normalized spacial score (nSPS) is 11.5. The number of benzene rings is 2. The highest BCUT2D eigenvalue weighted by molar-refractivity contribution is 5.90. The van der Waals surface area contributed by atoms with E-state index in [2.05, 4.69) is 15.0 Å². The molecule has 0 saturated carbocycles. The fourth-order valence-electron chi connectivity index (χ4n) is 3.13. The second-order valence-corrected chi connectivity index (χ2v) is 7.33. The summed E-state index contributed by atoms with van der Waals surface area (Å²) in [5.41, 5.74) is 1.69. The Morgan fingerprint density at radius 2 is 1.94 bits per heavy atom. The summed E-state index contributed by atoms with van der Waals surface area (Å²) in [5.74, 6) is 1.36. The number of H-pyrrole nitrogens is 1. The molecule has 31 heavy (non-hydrogen) atoms. The quantitative estimate of drug-likeness (QED) is 0.462. The Morgan fingerprint density at radius 3 is 2.58 bits per heavy atom. The number of phenolic OH excluding ortho intramolecular Hbond substituents is 1. The van der Waals surface area contributed by atoms with E-state index in [0.717, 1.165) is 17.1 Å². The molecule has 164 valence electrons. The number of aromatic amines is 1. The Hall–Kier alpha value is -3.75. The lowest BCUT2D eigenvalue weighted by Crippen LogP contribution is -2.23. The number of amidine groups is 1. The molecule has 9 nitrogen and oxygen atoms in total. The number of hydrogen-bond donors (Lipinski definition) is 2. The van der Waals surface area contributed by atoms with Crippen LogP contribution >= 0.6 is 0 Å². The van der Waals surface area contributed by atoms with E-state index in [1.165, 1.54) is 14.2 Å². The number of methoxy groups -OCH3 is 2. The van der Waals surface area contributed by atoms with Crippen LogP contribution in [0, 0.1) is 0 Å². The molecule has 0 unspecified atom stereocenters. The molecule has 2 aromatic carbocycles. The third-order valence-electron chi connectivity index (χ3n) is 4.94. The Labute approximate surface area is 180 Å². The average Bonchev–Trinajstić information content (AvgIpc) is 2.73. The number of nitrogens with one attached hydrogen (secondary N) is 1. The number of rotatable bonds is 6. The number of aromatic nitrogens is 2.